The molecular weight excluding hydrogens is 613 g/mol. The Balaban J connectivity index is 0.957. The predicted molar refractivity (Wildman–Crippen MR) is 209 cm³/mol. The van der Waals surface area contributed by atoms with Crippen LogP contribution in [0.15, 0.2) is 170 Å². The third-order valence-electron chi connectivity index (χ3n) is 9.74. The van der Waals surface area contributed by atoms with Gasteiger partial charge >= 0.3 is 0 Å². The average Bonchev–Trinajstić information content (AvgIpc) is 3.57. The Morgan fingerprint density at radius 3 is 1.61 bits per heavy atom. The van der Waals surface area contributed by atoms with Gasteiger partial charge in [-0.1, -0.05) is 152 Å². The largest absolute Gasteiger partial charge is 0.252 e. The smallest absolute Gasteiger partial charge is 0.0979 e. The number of aromatic nitrogens is 2. The molecule has 3 heteroatoms. The summed E-state index contributed by atoms with van der Waals surface area (Å²) in [5.41, 5.74) is 11.1. The number of thiophene rings is 1. The number of hydrogen-bond acceptors (Lipinski definition) is 3. The normalized spacial score (nSPS) is 11.7. The summed E-state index contributed by atoms with van der Waals surface area (Å²) in [6.45, 7) is 0. The van der Waals surface area contributed by atoms with Crippen LogP contribution in [0.25, 0.3) is 97.4 Å². The van der Waals surface area contributed by atoms with E-state index in [0.29, 0.717) is 0 Å². The lowest BCUT2D eigenvalue weighted by Crippen LogP contribution is -1.92. The van der Waals surface area contributed by atoms with Crippen LogP contribution in [0.5, 0.6) is 0 Å². The van der Waals surface area contributed by atoms with Crippen molar-refractivity contribution in [1.82, 2.24) is 9.97 Å². The highest BCUT2D eigenvalue weighted by Gasteiger charge is 2.13. The highest BCUT2D eigenvalue weighted by molar-refractivity contribution is 7.26. The Bertz CT molecular complexity index is 2830. The molecule has 0 bridgehead atoms. The summed E-state index contributed by atoms with van der Waals surface area (Å²) in [6.07, 6.45) is 1.91. The van der Waals surface area contributed by atoms with Gasteiger partial charge in [-0.25, -0.2) is 4.98 Å². The summed E-state index contributed by atoms with van der Waals surface area (Å²) in [6, 6.07) is 58.8. The number of fused-ring (bicyclic) bond motifs is 9. The van der Waals surface area contributed by atoms with Gasteiger partial charge in [0, 0.05) is 36.5 Å². The van der Waals surface area contributed by atoms with E-state index in [-0.39, 0.29) is 0 Å². The molecule has 0 aliphatic rings. The summed E-state index contributed by atoms with van der Waals surface area (Å²) in [5, 5.41) is 7.33. The van der Waals surface area contributed by atoms with Crippen LogP contribution in [0.3, 0.4) is 0 Å². The first kappa shape index (κ1) is 27.9. The third-order valence-corrected chi connectivity index (χ3v) is 11.0. The molecule has 0 amide bonds. The van der Waals surface area contributed by atoms with Crippen molar-refractivity contribution in [1.29, 1.82) is 0 Å². The van der Waals surface area contributed by atoms with Gasteiger partial charge < -0.3 is 0 Å². The molecule has 0 N–H and O–H groups in total. The first-order valence-corrected chi connectivity index (χ1v) is 17.4. The summed E-state index contributed by atoms with van der Waals surface area (Å²) in [5.74, 6) is 0. The summed E-state index contributed by atoms with van der Waals surface area (Å²) in [4.78, 5) is 10.1. The second kappa shape index (κ2) is 11.2. The second-order valence-electron chi connectivity index (χ2n) is 12.6. The SMILES string of the molecule is c1cc(-c2ccc(-c3ccc(-c4cnc5c6ccccc6c6ccccc6c5n4)cc3)cc2)cc(-c2cccc3c2sc2ccccc23)c1. The monoisotopic (exact) mass is 640 g/mol. The van der Waals surface area contributed by atoms with E-state index < -0.39 is 0 Å². The van der Waals surface area contributed by atoms with Crippen LogP contribution in [0.2, 0.25) is 0 Å². The van der Waals surface area contributed by atoms with Gasteiger partial charge in [0.1, 0.15) is 0 Å². The summed E-state index contributed by atoms with van der Waals surface area (Å²) in [7, 11) is 0. The molecule has 2 nitrogen and oxygen atoms in total. The van der Waals surface area contributed by atoms with Gasteiger partial charge in [0.15, 0.2) is 0 Å². The third kappa shape index (κ3) is 4.62. The van der Waals surface area contributed by atoms with Crippen molar-refractivity contribution in [2.45, 2.75) is 0 Å². The van der Waals surface area contributed by atoms with Crippen LogP contribution < -0.4 is 0 Å². The molecule has 0 aliphatic carbocycles. The quantitative estimate of drug-likeness (QED) is 0.179. The fourth-order valence-electron chi connectivity index (χ4n) is 7.29. The van der Waals surface area contributed by atoms with E-state index in [1.807, 2.05) is 17.5 Å². The Morgan fingerprint density at radius 2 is 0.898 bits per heavy atom. The van der Waals surface area contributed by atoms with Crippen molar-refractivity contribution in [3.8, 4) is 44.6 Å². The Kier molecular flexibility index (Phi) is 6.39. The molecule has 2 aromatic heterocycles. The second-order valence-corrected chi connectivity index (χ2v) is 13.6. The standard InChI is InChI=1S/C46H28N2S/c1-3-14-39-36(11-1)37-12-2-4-15-40(37)45-44(39)47-28-42(48-45)32-25-23-30(24-26-32)29-19-21-31(22-20-29)33-9-7-10-34(27-33)35-16-8-17-41-38-13-5-6-18-43(38)49-46(35)41/h1-28H. The lowest BCUT2D eigenvalue weighted by Gasteiger charge is -2.11. The zero-order chi connectivity index (χ0) is 32.3. The lowest BCUT2D eigenvalue weighted by molar-refractivity contribution is 1.31. The Morgan fingerprint density at radius 1 is 0.367 bits per heavy atom. The zero-order valence-electron chi connectivity index (χ0n) is 26.5. The maximum absolute atomic E-state index is 5.17. The van der Waals surface area contributed by atoms with E-state index in [1.54, 1.807) is 0 Å². The van der Waals surface area contributed by atoms with Crippen LogP contribution in [0.4, 0.5) is 0 Å². The van der Waals surface area contributed by atoms with Crippen molar-refractivity contribution < 1.29 is 0 Å². The average molecular weight is 641 g/mol. The molecule has 0 saturated carbocycles. The van der Waals surface area contributed by atoms with Crippen LogP contribution in [-0.2, 0) is 0 Å². The molecule has 49 heavy (non-hydrogen) atoms. The molecule has 0 fully saturated rings. The molecule has 2 heterocycles. The van der Waals surface area contributed by atoms with Crippen LogP contribution >= 0.6 is 11.3 Å². The van der Waals surface area contributed by atoms with Gasteiger partial charge in [-0.3, -0.25) is 4.98 Å². The highest BCUT2D eigenvalue weighted by Crippen LogP contribution is 2.41. The highest BCUT2D eigenvalue weighted by atomic mass is 32.1. The van der Waals surface area contributed by atoms with Crippen molar-refractivity contribution in [3.05, 3.63) is 170 Å². The number of benzene rings is 8. The molecule has 228 valence electrons. The number of hydrogen-bond donors (Lipinski definition) is 0. The Labute approximate surface area is 287 Å². The van der Waals surface area contributed by atoms with Gasteiger partial charge in [0.2, 0.25) is 0 Å². The first-order chi connectivity index (χ1) is 24.3. The molecule has 8 aromatic carbocycles. The topological polar surface area (TPSA) is 25.8 Å². The molecular formula is C46H28N2S. The lowest BCUT2D eigenvalue weighted by atomic mass is 9.96. The van der Waals surface area contributed by atoms with E-state index in [9.17, 15) is 0 Å². The first-order valence-electron chi connectivity index (χ1n) is 16.6. The summed E-state index contributed by atoms with van der Waals surface area (Å²) < 4.78 is 2.67. The van der Waals surface area contributed by atoms with Gasteiger partial charge in [0.25, 0.3) is 0 Å². The molecule has 10 rings (SSSR count). The van der Waals surface area contributed by atoms with Crippen molar-refractivity contribution in [3.63, 3.8) is 0 Å². The van der Waals surface area contributed by atoms with Gasteiger partial charge in [-0.2, -0.15) is 0 Å². The fourth-order valence-corrected chi connectivity index (χ4v) is 8.53. The maximum Gasteiger partial charge on any atom is 0.0979 e. The zero-order valence-corrected chi connectivity index (χ0v) is 27.3. The summed E-state index contributed by atoms with van der Waals surface area (Å²) >= 11 is 1.88. The van der Waals surface area contributed by atoms with E-state index >= 15 is 0 Å². The van der Waals surface area contributed by atoms with Crippen LogP contribution in [0, 0.1) is 0 Å². The minimum absolute atomic E-state index is 0.876. The van der Waals surface area contributed by atoms with Gasteiger partial charge in [-0.05, 0) is 56.3 Å². The van der Waals surface area contributed by atoms with Crippen LogP contribution in [-0.4, -0.2) is 9.97 Å². The van der Waals surface area contributed by atoms with Gasteiger partial charge in [-0.15, -0.1) is 11.3 Å². The van der Waals surface area contributed by atoms with Crippen molar-refractivity contribution >= 4 is 64.1 Å². The minimum Gasteiger partial charge on any atom is -0.252 e. The minimum atomic E-state index is 0.876. The fraction of sp³-hybridized carbons (Fsp3) is 0. The molecule has 0 aliphatic heterocycles. The van der Waals surface area contributed by atoms with Crippen molar-refractivity contribution in [2.24, 2.45) is 0 Å². The molecule has 10 aromatic rings. The molecule has 0 saturated heterocycles. The maximum atomic E-state index is 5.17. The van der Waals surface area contributed by atoms with Crippen LogP contribution in [0.1, 0.15) is 0 Å². The molecule has 0 radical (unpaired) electrons. The Hall–Kier alpha value is -6.16. The van der Waals surface area contributed by atoms with Crippen molar-refractivity contribution in [2.75, 3.05) is 0 Å². The predicted octanol–water partition coefficient (Wildman–Crippen LogP) is 13.0. The van der Waals surface area contributed by atoms with E-state index in [0.717, 1.165) is 33.1 Å². The van der Waals surface area contributed by atoms with E-state index in [4.69, 9.17) is 9.97 Å². The van der Waals surface area contributed by atoms with E-state index in [1.165, 1.54) is 64.3 Å². The molecule has 0 spiro atoms. The van der Waals surface area contributed by atoms with E-state index in [2.05, 4.69) is 164 Å². The molecule has 0 atom stereocenters. The number of nitrogens with zero attached hydrogens (tertiary/aromatic N) is 2. The number of rotatable bonds is 4. The van der Waals surface area contributed by atoms with Gasteiger partial charge in [0.05, 0.1) is 22.9 Å². The molecule has 0 unspecified atom stereocenters.